The van der Waals surface area contributed by atoms with E-state index in [0.29, 0.717) is 18.5 Å². The standard InChI is InChI=1S/C11H18BrN5.HI/c12-9-7-15-17(8-9)6-5-14-11(13)16-10-3-1-2-4-10;/h7-8,10H,1-6H2,(H3,13,14,16);1H. The average molecular weight is 428 g/mol. The minimum atomic E-state index is 0. The van der Waals surface area contributed by atoms with E-state index >= 15 is 0 Å². The number of nitrogens with two attached hydrogens (primary N) is 1. The summed E-state index contributed by atoms with van der Waals surface area (Å²) in [5.41, 5.74) is 5.82. The van der Waals surface area contributed by atoms with Crippen LogP contribution in [0.15, 0.2) is 21.9 Å². The van der Waals surface area contributed by atoms with E-state index in [2.05, 4.69) is 31.3 Å². The molecule has 1 aliphatic rings. The van der Waals surface area contributed by atoms with Gasteiger partial charge in [-0.15, -0.1) is 24.0 Å². The molecule has 5 nitrogen and oxygen atoms in total. The molecular weight excluding hydrogens is 409 g/mol. The number of nitrogens with zero attached hydrogens (tertiary/aromatic N) is 3. The van der Waals surface area contributed by atoms with Crippen LogP contribution in [0.3, 0.4) is 0 Å². The van der Waals surface area contributed by atoms with Gasteiger partial charge in [0.1, 0.15) is 0 Å². The fourth-order valence-electron chi connectivity index (χ4n) is 2.06. The predicted octanol–water partition coefficient (Wildman–Crippen LogP) is 2.11. The maximum atomic E-state index is 5.82. The molecular formula is C11H19BrIN5. The highest BCUT2D eigenvalue weighted by atomic mass is 127. The van der Waals surface area contributed by atoms with Crippen molar-refractivity contribution >= 4 is 45.9 Å². The third-order valence-corrected chi connectivity index (χ3v) is 3.33. The van der Waals surface area contributed by atoms with Crippen molar-refractivity contribution in [2.24, 2.45) is 10.7 Å². The summed E-state index contributed by atoms with van der Waals surface area (Å²) in [6, 6.07) is 0.526. The summed E-state index contributed by atoms with van der Waals surface area (Å²) in [6.45, 7) is 1.40. The lowest BCUT2D eigenvalue weighted by Crippen LogP contribution is -2.38. The number of halogens is 2. The first-order chi connectivity index (χ1) is 8.24. The van der Waals surface area contributed by atoms with Crippen molar-refractivity contribution < 1.29 is 0 Å². The molecule has 0 amide bonds. The number of nitrogens with one attached hydrogen (secondary N) is 1. The Morgan fingerprint density at radius 1 is 1.56 bits per heavy atom. The minimum absolute atomic E-state index is 0. The van der Waals surface area contributed by atoms with Gasteiger partial charge in [0.15, 0.2) is 5.96 Å². The largest absolute Gasteiger partial charge is 0.370 e. The lowest BCUT2D eigenvalue weighted by molar-refractivity contribution is 0.608. The van der Waals surface area contributed by atoms with E-state index in [4.69, 9.17) is 5.73 Å². The van der Waals surface area contributed by atoms with Crippen LogP contribution in [0, 0.1) is 0 Å². The van der Waals surface area contributed by atoms with Gasteiger partial charge in [0.25, 0.3) is 0 Å². The monoisotopic (exact) mass is 427 g/mol. The van der Waals surface area contributed by atoms with Gasteiger partial charge in [-0.3, -0.25) is 9.67 Å². The van der Waals surface area contributed by atoms with Gasteiger partial charge in [-0.2, -0.15) is 5.10 Å². The van der Waals surface area contributed by atoms with Gasteiger partial charge in [0.2, 0.25) is 0 Å². The second-order valence-corrected chi connectivity index (χ2v) is 5.23. The summed E-state index contributed by atoms with van der Waals surface area (Å²) in [4.78, 5) is 4.30. The Morgan fingerprint density at radius 3 is 2.89 bits per heavy atom. The number of rotatable bonds is 4. The van der Waals surface area contributed by atoms with E-state index in [1.807, 2.05) is 10.9 Å². The molecule has 3 N–H and O–H groups in total. The van der Waals surface area contributed by atoms with Crippen molar-refractivity contribution in [3.8, 4) is 0 Å². The Morgan fingerprint density at radius 2 is 2.28 bits per heavy atom. The second-order valence-electron chi connectivity index (χ2n) is 4.31. The number of guanidine groups is 1. The number of aliphatic imine (C=N–C) groups is 1. The number of aromatic nitrogens is 2. The molecule has 1 aromatic rings. The fraction of sp³-hybridized carbons (Fsp3) is 0.636. The second kappa shape index (κ2) is 7.98. The van der Waals surface area contributed by atoms with Gasteiger partial charge in [-0.1, -0.05) is 12.8 Å². The topological polar surface area (TPSA) is 68.2 Å². The maximum absolute atomic E-state index is 5.82. The molecule has 0 spiro atoms. The van der Waals surface area contributed by atoms with E-state index in [-0.39, 0.29) is 24.0 Å². The van der Waals surface area contributed by atoms with E-state index < -0.39 is 0 Å². The van der Waals surface area contributed by atoms with Crippen LogP contribution < -0.4 is 11.1 Å². The normalized spacial score (nSPS) is 16.6. The van der Waals surface area contributed by atoms with Crippen LogP contribution in [0.1, 0.15) is 25.7 Å². The molecule has 1 aromatic heterocycles. The van der Waals surface area contributed by atoms with Crippen LogP contribution in [0.2, 0.25) is 0 Å². The Balaban J connectivity index is 0.00000162. The third kappa shape index (κ3) is 5.13. The van der Waals surface area contributed by atoms with Crippen molar-refractivity contribution in [1.29, 1.82) is 0 Å². The molecule has 1 aliphatic carbocycles. The molecule has 0 aliphatic heterocycles. The molecule has 0 aromatic carbocycles. The highest BCUT2D eigenvalue weighted by Crippen LogP contribution is 2.17. The summed E-state index contributed by atoms with van der Waals surface area (Å²) < 4.78 is 2.83. The van der Waals surface area contributed by atoms with Crippen molar-refractivity contribution in [3.63, 3.8) is 0 Å². The van der Waals surface area contributed by atoms with Gasteiger partial charge >= 0.3 is 0 Å². The van der Waals surface area contributed by atoms with Gasteiger partial charge in [0.05, 0.1) is 23.8 Å². The zero-order chi connectivity index (χ0) is 12.1. The molecule has 0 bridgehead atoms. The predicted molar refractivity (Wildman–Crippen MR) is 87.2 cm³/mol. The zero-order valence-corrected chi connectivity index (χ0v) is 14.1. The fourth-order valence-corrected chi connectivity index (χ4v) is 2.39. The van der Waals surface area contributed by atoms with E-state index in [9.17, 15) is 0 Å². The molecule has 0 radical (unpaired) electrons. The first-order valence-electron chi connectivity index (χ1n) is 5.98. The minimum Gasteiger partial charge on any atom is -0.370 e. The summed E-state index contributed by atoms with van der Waals surface area (Å²) >= 11 is 3.36. The van der Waals surface area contributed by atoms with Crippen molar-refractivity contribution in [2.75, 3.05) is 6.54 Å². The quantitative estimate of drug-likeness (QED) is 0.439. The van der Waals surface area contributed by atoms with Gasteiger partial charge < -0.3 is 11.1 Å². The van der Waals surface area contributed by atoms with Crippen molar-refractivity contribution in [2.45, 2.75) is 38.3 Å². The Hall–Kier alpha value is -0.310. The molecule has 102 valence electrons. The first-order valence-corrected chi connectivity index (χ1v) is 6.78. The van der Waals surface area contributed by atoms with Crippen LogP contribution >= 0.6 is 39.9 Å². The van der Waals surface area contributed by atoms with Crippen LogP contribution in [0.25, 0.3) is 0 Å². The smallest absolute Gasteiger partial charge is 0.188 e. The molecule has 1 heterocycles. The Labute approximate surface area is 133 Å². The molecule has 18 heavy (non-hydrogen) atoms. The van der Waals surface area contributed by atoms with Crippen LogP contribution in [-0.4, -0.2) is 28.3 Å². The van der Waals surface area contributed by atoms with E-state index in [1.54, 1.807) is 6.20 Å². The van der Waals surface area contributed by atoms with Crippen molar-refractivity contribution in [1.82, 2.24) is 15.1 Å². The van der Waals surface area contributed by atoms with Gasteiger partial charge in [-0.05, 0) is 28.8 Å². The number of hydrogen-bond donors (Lipinski definition) is 2. The molecule has 0 atom stereocenters. The molecule has 2 rings (SSSR count). The van der Waals surface area contributed by atoms with Crippen molar-refractivity contribution in [3.05, 3.63) is 16.9 Å². The van der Waals surface area contributed by atoms with E-state index in [1.165, 1.54) is 25.7 Å². The first kappa shape index (κ1) is 15.7. The highest BCUT2D eigenvalue weighted by molar-refractivity contribution is 14.0. The Bertz CT molecular complexity index is 387. The van der Waals surface area contributed by atoms with Crippen LogP contribution in [-0.2, 0) is 6.54 Å². The molecule has 0 unspecified atom stereocenters. The third-order valence-electron chi connectivity index (χ3n) is 2.92. The Kier molecular flexibility index (Phi) is 6.98. The maximum Gasteiger partial charge on any atom is 0.188 e. The SMILES string of the molecule is I.NC(=NCCn1cc(Br)cn1)NC1CCCC1. The summed E-state index contributed by atoms with van der Waals surface area (Å²) in [7, 11) is 0. The summed E-state index contributed by atoms with van der Waals surface area (Å²) in [5, 5.41) is 7.41. The van der Waals surface area contributed by atoms with Crippen LogP contribution in [0.5, 0.6) is 0 Å². The zero-order valence-electron chi connectivity index (χ0n) is 10.2. The summed E-state index contributed by atoms with van der Waals surface area (Å²) in [6.07, 6.45) is 8.71. The molecule has 0 saturated heterocycles. The molecule has 7 heteroatoms. The lowest BCUT2D eigenvalue weighted by Gasteiger charge is -2.12. The van der Waals surface area contributed by atoms with Gasteiger partial charge in [-0.25, -0.2) is 0 Å². The van der Waals surface area contributed by atoms with Crippen LogP contribution in [0.4, 0.5) is 0 Å². The highest BCUT2D eigenvalue weighted by Gasteiger charge is 2.14. The molecule has 1 fully saturated rings. The van der Waals surface area contributed by atoms with Gasteiger partial charge in [0, 0.05) is 12.2 Å². The lowest BCUT2D eigenvalue weighted by atomic mass is 10.2. The van der Waals surface area contributed by atoms with E-state index in [0.717, 1.165) is 11.0 Å². The molecule has 1 saturated carbocycles. The average Bonchev–Trinajstić information content (AvgIpc) is 2.90. The number of hydrogen-bond acceptors (Lipinski definition) is 2. The summed E-state index contributed by atoms with van der Waals surface area (Å²) in [5.74, 6) is 0.558.